The zero-order valence-electron chi connectivity index (χ0n) is 19.3. The van der Waals surface area contributed by atoms with Gasteiger partial charge in [-0.15, -0.1) is 0 Å². The lowest BCUT2D eigenvalue weighted by Gasteiger charge is -2.37. The topological polar surface area (TPSA) is 103 Å². The molecule has 6 nitrogen and oxygen atoms in total. The first-order valence-electron chi connectivity index (χ1n) is 11.8. The Morgan fingerprint density at radius 1 is 1.15 bits per heavy atom. The average molecular weight is 452 g/mol. The van der Waals surface area contributed by atoms with E-state index >= 15 is 0 Å². The quantitative estimate of drug-likeness (QED) is 0.593. The Morgan fingerprint density at radius 2 is 1.88 bits per heavy atom. The van der Waals surface area contributed by atoms with Crippen molar-refractivity contribution < 1.29 is 24.8 Å². The molecule has 2 fully saturated rings. The number of aliphatic hydroxyl groups excluding tert-OH is 3. The molecule has 0 unspecified atom stereocenters. The van der Waals surface area contributed by atoms with E-state index in [9.17, 15) is 20.6 Å². The summed E-state index contributed by atoms with van der Waals surface area (Å²) >= 11 is 0. The number of nitriles is 1. The number of benzene rings is 2. The molecular formula is C27H33NO5. The van der Waals surface area contributed by atoms with Crippen LogP contribution in [0.25, 0.3) is 0 Å². The van der Waals surface area contributed by atoms with Crippen molar-refractivity contribution in [1.82, 2.24) is 0 Å². The first-order chi connectivity index (χ1) is 15.9. The van der Waals surface area contributed by atoms with Gasteiger partial charge in [0.05, 0.1) is 30.5 Å². The van der Waals surface area contributed by atoms with Crippen LogP contribution in [-0.2, 0) is 11.2 Å². The van der Waals surface area contributed by atoms with E-state index in [0.29, 0.717) is 29.2 Å². The third-order valence-corrected chi connectivity index (χ3v) is 6.78. The Morgan fingerprint density at radius 3 is 2.45 bits per heavy atom. The normalized spacial score (nSPS) is 25.5. The molecule has 2 aromatic rings. The molecule has 2 aromatic carbocycles. The summed E-state index contributed by atoms with van der Waals surface area (Å²) in [6.07, 6.45) is 0.292. The number of hydrogen-bond donors (Lipinski definition) is 3. The van der Waals surface area contributed by atoms with E-state index in [1.807, 2.05) is 6.07 Å². The van der Waals surface area contributed by atoms with Gasteiger partial charge in [0.25, 0.3) is 0 Å². The van der Waals surface area contributed by atoms with Crippen molar-refractivity contribution in [3.63, 3.8) is 0 Å². The van der Waals surface area contributed by atoms with Crippen LogP contribution < -0.4 is 4.74 Å². The molecule has 6 heteroatoms. The second-order valence-corrected chi connectivity index (χ2v) is 9.56. The van der Waals surface area contributed by atoms with Crippen molar-refractivity contribution in [1.29, 1.82) is 5.26 Å². The average Bonchev–Trinajstić information content (AvgIpc) is 2.78. The van der Waals surface area contributed by atoms with Gasteiger partial charge in [0.2, 0.25) is 0 Å². The second kappa shape index (κ2) is 10.2. The highest BCUT2D eigenvalue weighted by Gasteiger charge is 2.38. The predicted molar refractivity (Wildman–Crippen MR) is 124 cm³/mol. The Balaban J connectivity index is 1.72. The van der Waals surface area contributed by atoms with Crippen molar-refractivity contribution in [2.24, 2.45) is 0 Å². The Kier molecular flexibility index (Phi) is 7.35. The van der Waals surface area contributed by atoms with Crippen LogP contribution in [0.2, 0.25) is 0 Å². The number of nitrogens with zero attached hydrogens (tertiary/aromatic N) is 1. The van der Waals surface area contributed by atoms with Crippen LogP contribution in [-0.4, -0.2) is 46.3 Å². The van der Waals surface area contributed by atoms with E-state index in [2.05, 4.69) is 44.2 Å². The third kappa shape index (κ3) is 5.23. The predicted octanol–water partition coefficient (Wildman–Crippen LogP) is 3.75. The summed E-state index contributed by atoms with van der Waals surface area (Å²) in [6, 6.07) is 14.3. The summed E-state index contributed by atoms with van der Waals surface area (Å²) in [5, 5.41) is 40.6. The Bertz CT molecular complexity index is 993. The zero-order chi connectivity index (χ0) is 23.5. The monoisotopic (exact) mass is 451 g/mol. The summed E-state index contributed by atoms with van der Waals surface area (Å²) in [5.41, 5.74) is 4.24. The molecule has 3 N–H and O–H groups in total. The van der Waals surface area contributed by atoms with Gasteiger partial charge in [0.1, 0.15) is 24.0 Å². The molecule has 0 aromatic heterocycles. The summed E-state index contributed by atoms with van der Waals surface area (Å²) in [7, 11) is 0. The summed E-state index contributed by atoms with van der Waals surface area (Å²) in [6.45, 7) is 4.07. The smallest absolute Gasteiger partial charge is 0.138 e. The second-order valence-electron chi connectivity index (χ2n) is 9.56. The van der Waals surface area contributed by atoms with Crippen molar-refractivity contribution >= 4 is 0 Å². The number of aliphatic hydroxyl groups is 3. The highest BCUT2D eigenvalue weighted by molar-refractivity contribution is 5.53. The lowest BCUT2D eigenvalue weighted by Crippen LogP contribution is -2.44. The molecule has 0 bridgehead atoms. The SMILES string of the molecule is CC(C)c1ccc(Cc2cc([C@@H]3O[C@H](CO)C[C@H](O)[C@H]3O)cc(OC3CCC3)c2C#N)cc1. The fraction of sp³-hybridized carbons (Fsp3) is 0.519. The summed E-state index contributed by atoms with van der Waals surface area (Å²) < 4.78 is 12.1. The maximum absolute atomic E-state index is 10.7. The molecule has 2 aliphatic rings. The largest absolute Gasteiger partial charge is 0.489 e. The van der Waals surface area contributed by atoms with Crippen molar-refractivity contribution in [3.8, 4) is 11.8 Å². The van der Waals surface area contributed by atoms with Gasteiger partial charge in [0, 0.05) is 6.42 Å². The Hall–Kier alpha value is -2.43. The van der Waals surface area contributed by atoms with Gasteiger partial charge in [-0.05, 0) is 59.9 Å². The molecule has 4 atom stereocenters. The van der Waals surface area contributed by atoms with Gasteiger partial charge in [-0.3, -0.25) is 0 Å². The van der Waals surface area contributed by atoms with Gasteiger partial charge in [-0.1, -0.05) is 44.2 Å². The highest BCUT2D eigenvalue weighted by atomic mass is 16.5. The minimum Gasteiger partial charge on any atom is -0.489 e. The molecule has 176 valence electrons. The first kappa shape index (κ1) is 23.7. The minimum atomic E-state index is -1.13. The van der Waals surface area contributed by atoms with Crippen molar-refractivity contribution in [2.45, 2.75) is 82.4 Å². The molecule has 4 rings (SSSR count). The van der Waals surface area contributed by atoms with Gasteiger partial charge in [-0.25, -0.2) is 0 Å². The molecule has 1 aliphatic heterocycles. The highest BCUT2D eigenvalue weighted by Crippen LogP contribution is 2.38. The van der Waals surface area contributed by atoms with Crippen LogP contribution in [0.15, 0.2) is 36.4 Å². The summed E-state index contributed by atoms with van der Waals surface area (Å²) in [5.74, 6) is 0.931. The van der Waals surface area contributed by atoms with E-state index in [1.165, 1.54) is 5.56 Å². The first-order valence-corrected chi connectivity index (χ1v) is 11.8. The van der Waals surface area contributed by atoms with Gasteiger partial charge >= 0.3 is 0 Å². The van der Waals surface area contributed by atoms with Crippen LogP contribution in [0, 0.1) is 11.3 Å². The third-order valence-electron chi connectivity index (χ3n) is 6.78. The van der Waals surface area contributed by atoms with Crippen molar-refractivity contribution in [2.75, 3.05) is 6.61 Å². The van der Waals surface area contributed by atoms with Gasteiger partial charge < -0.3 is 24.8 Å². The fourth-order valence-electron chi connectivity index (χ4n) is 4.48. The van der Waals surface area contributed by atoms with E-state index in [0.717, 1.165) is 30.4 Å². The van der Waals surface area contributed by atoms with Crippen molar-refractivity contribution in [3.05, 3.63) is 64.2 Å². The van der Waals surface area contributed by atoms with Crippen LogP contribution >= 0.6 is 0 Å². The molecule has 1 heterocycles. The van der Waals surface area contributed by atoms with E-state index in [4.69, 9.17) is 9.47 Å². The number of hydrogen-bond acceptors (Lipinski definition) is 6. The molecular weight excluding hydrogens is 418 g/mol. The molecule has 1 saturated heterocycles. The molecule has 1 aliphatic carbocycles. The number of rotatable bonds is 7. The summed E-state index contributed by atoms with van der Waals surface area (Å²) in [4.78, 5) is 0. The van der Waals surface area contributed by atoms with E-state index < -0.39 is 24.4 Å². The minimum absolute atomic E-state index is 0.0819. The lowest BCUT2D eigenvalue weighted by molar-refractivity contribution is -0.179. The van der Waals surface area contributed by atoms with Crippen LogP contribution in [0.4, 0.5) is 0 Å². The molecule has 1 saturated carbocycles. The maximum Gasteiger partial charge on any atom is 0.138 e. The van der Waals surface area contributed by atoms with E-state index in [1.54, 1.807) is 6.07 Å². The van der Waals surface area contributed by atoms with Crippen LogP contribution in [0.1, 0.15) is 79.4 Å². The van der Waals surface area contributed by atoms with E-state index in [-0.39, 0.29) is 19.1 Å². The maximum atomic E-state index is 10.7. The number of ether oxygens (including phenoxy) is 2. The lowest BCUT2D eigenvalue weighted by atomic mass is 9.89. The molecule has 0 spiro atoms. The Labute approximate surface area is 195 Å². The standard InChI is InChI=1S/C27H33NO5/c1-16(2)18-8-6-17(7-9-18)10-19-11-20(27-26(31)24(30)13-22(15-29)33-27)12-25(23(19)14-28)32-21-4-3-5-21/h6-9,11-12,16,21-22,24,26-27,29-31H,3-5,10,13,15H2,1-2H3/t22-,24-,26+,27-/m0/s1. The fourth-order valence-corrected chi connectivity index (χ4v) is 4.48. The zero-order valence-corrected chi connectivity index (χ0v) is 19.3. The molecule has 0 radical (unpaired) electrons. The molecule has 0 amide bonds. The van der Waals surface area contributed by atoms with Gasteiger partial charge in [-0.2, -0.15) is 5.26 Å². The van der Waals surface area contributed by atoms with Crippen LogP contribution in [0.3, 0.4) is 0 Å². The van der Waals surface area contributed by atoms with Gasteiger partial charge in [0.15, 0.2) is 0 Å². The molecule has 33 heavy (non-hydrogen) atoms. The van der Waals surface area contributed by atoms with Crippen LogP contribution in [0.5, 0.6) is 5.75 Å².